The number of esters is 1. The van der Waals surface area contributed by atoms with Crippen molar-refractivity contribution in [2.24, 2.45) is 11.3 Å². The Balaban J connectivity index is 1.60. The highest BCUT2D eigenvalue weighted by molar-refractivity contribution is 6.06. The Kier molecular flexibility index (Phi) is 6.15. The largest absolute Gasteiger partial charge is 0.452 e. The SMILES string of the molecule is CC(C)(C)[C@@H]1CCc2nc3ccccc3c(C(=O)OCC(=O)Nc3ccccc3C#N)c2C1. The fourth-order valence-electron chi connectivity index (χ4n) is 4.44. The van der Waals surface area contributed by atoms with E-state index in [0.29, 0.717) is 22.7 Å². The number of nitrogens with zero attached hydrogens (tertiary/aromatic N) is 2. The zero-order valence-electron chi connectivity index (χ0n) is 19.1. The van der Waals surface area contributed by atoms with E-state index in [0.717, 1.165) is 41.4 Å². The highest BCUT2D eigenvalue weighted by atomic mass is 16.5. The van der Waals surface area contributed by atoms with Crippen LogP contribution in [0, 0.1) is 22.7 Å². The molecule has 0 fully saturated rings. The van der Waals surface area contributed by atoms with Gasteiger partial charge in [-0.2, -0.15) is 5.26 Å². The second-order valence-electron chi connectivity index (χ2n) is 9.52. The molecule has 1 N–H and O–H groups in total. The molecule has 168 valence electrons. The van der Waals surface area contributed by atoms with Crippen molar-refractivity contribution in [1.82, 2.24) is 4.98 Å². The van der Waals surface area contributed by atoms with Gasteiger partial charge >= 0.3 is 5.97 Å². The Morgan fingerprint density at radius 3 is 2.64 bits per heavy atom. The highest BCUT2D eigenvalue weighted by Gasteiger charge is 2.33. The third-order valence-corrected chi connectivity index (χ3v) is 6.34. The minimum atomic E-state index is -0.525. The van der Waals surface area contributed by atoms with Crippen molar-refractivity contribution in [2.75, 3.05) is 11.9 Å². The van der Waals surface area contributed by atoms with Crippen LogP contribution in [0.15, 0.2) is 48.5 Å². The van der Waals surface area contributed by atoms with Crippen molar-refractivity contribution in [1.29, 1.82) is 5.26 Å². The number of rotatable bonds is 4. The molecule has 1 aliphatic rings. The van der Waals surface area contributed by atoms with Gasteiger partial charge < -0.3 is 10.1 Å². The van der Waals surface area contributed by atoms with E-state index < -0.39 is 18.5 Å². The number of aromatic nitrogens is 1. The summed E-state index contributed by atoms with van der Waals surface area (Å²) in [6.07, 6.45) is 2.59. The Morgan fingerprint density at radius 2 is 1.88 bits per heavy atom. The molecule has 0 radical (unpaired) electrons. The molecule has 1 aliphatic carbocycles. The molecule has 6 heteroatoms. The number of nitriles is 1. The number of hydrogen-bond donors (Lipinski definition) is 1. The van der Waals surface area contributed by atoms with Gasteiger partial charge in [0.25, 0.3) is 5.91 Å². The van der Waals surface area contributed by atoms with Gasteiger partial charge in [-0.05, 0) is 54.4 Å². The molecule has 1 atom stereocenters. The molecule has 1 heterocycles. The number of anilines is 1. The molecule has 1 amide bonds. The molecular formula is C27H27N3O3. The average molecular weight is 442 g/mol. The van der Waals surface area contributed by atoms with Crippen LogP contribution < -0.4 is 5.32 Å². The van der Waals surface area contributed by atoms with Crippen LogP contribution in [0.4, 0.5) is 5.69 Å². The topological polar surface area (TPSA) is 92.1 Å². The van der Waals surface area contributed by atoms with E-state index in [1.165, 1.54) is 0 Å². The quantitative estimate of drug-likeness (QED) is 0.572. The number of para-hydroxylation sites is 2. The van der Waals surface area contributed by atoms with Crippen molar-refractivity contribution < 1.29 is 14.3 Å². The van der Waals surface area contributed by atoms with Gasteiger partial charge in [0, 0.05) is 11.1 Å². The molecule has 0 aliphatic heterocycles. The van der Waals surface area contributed by atoms with Crippen molar-refractivity contribution in [2.45, 2.75) is 40.0 Å². The first-order valence-corrected chi connectivity index (χ1v) is 11.1. The molecule has 2 aromatic carbocycles. The van der Waals surface area contributed by atoms with E-state index in [2.05, 4.69) is 26.1 Å². The second-order valence-corrected chi connectivity index (χ2v) is 9.52. The minimum Gasteiger partial charge on any atom is -0.452 e. The minimum absolute atomic E-state index is 0.110. The maximum atomic E-state index is 13.3. The van der Waals surface area contributed by atoms with Crippen LogP contribution in [0.25, 0.3) is 10.9 Å². The average Bonchev–Trinajstić information content (AvgIpc) is 2.80. The molecule has 3 aromatic rings. The summed E-state index contributed by atoms with van der Waals surface area (Å²) >= 11 is 0. The van der Waals surface area contributed by atoms with Crippen LogP contribution in [0.3, 0.4) is 0 Å². The molecular weight excluding hydrogens is 414 g/mol. The summed E-state index contributed by atoms with van der Waals surface area (Å²) in [4.78, 5) is 30.6. The Bertz CT molecular complexity index is 1270. The van der Waals surface area contributed by atoms with Gasteiger partial charge in [-0.3, -0.25) is 9.78 Å². The van der Waals surface area contributed by atoms with E-state index >= 15 is 0 Å². The van der Waals surface area contributed by atoms with Gasteiger partial charge in [-0.25, -0.2) is 4.79 Å². The fraction of sp³-hybridized carbons (Fsp3) is 0.333. The normalized spacial score (nSPS) is 15.4. The first kappa shape index (κ1) is 22.5. The lowest BCUT2D eigenvalue weighted by atomic mass is 9.70. The first-order valence-electron chi connectivity index (χ1n) is 11.1. The summed E-state index contributed by atoms with van der Waals surface area (Å²) in [7, 11) is 0. The summed E-state index contributed by atoms with van der Waals surface area (Å²) < 4.78 is 5.47. The number of fused-ring (bicyclic) bond motifs is 2. The standard InChI is InChI=1S/C27H27N3O3/c1-27(2,3)18-12-13-23-20(14-18)25(19-9-5-7-11-22(19)29-23)26(32)33-16-24(31)30-21-10-6-4-8-17(21)15-28/h4-11,18H,12-14,16H2,1-3H3,(H,30,31)/t18-/m1/s1. The van der Waals surface area contributed by atoms with E-state index in [1.807, 2.05) is 30.3 Å². The number of amides is 1. The molecule has 0 spiro atoms. The van der Waals surface area contributed by atoms with Gasteiger partial charge in [-0.1, -0.05) is 51.1 Å². The van der Waals surface area contributed by atoms with Gasteiger partial charge in [0.2, 0.25) is 0 Å². The summed E-state index contributed by atoms with van der Waals surface area (Å²) in [6.45, 7) is 6.22. The first-order chi connectivity index (χ1) is 15.8. The van der Waals surface area contributed by atoms with Crippen molar-refractivity contribution in [3.8, 4) is 6.07 Å². The van der Waals surface area contributed by atoms with Crippen LogP contribution in [0.2, 0.25) is 0 Å². The molecule has 0 saturated carbocycles. The predicted molar refractivity (Wildman–Crippen MR) is 127 cm³/mol. The van der Waals surface area contributed by atoms with E-state index in [4.69, 9.17) is 9.72 Å². The number of carbonyl (C=O) groups is 2. The van der Waals surface area contributed by atoms with Gasteiger partial charge in [0.15, 0.2) is 6.61 Å². The molecule has 0 saturated heterocycles. The number of aryl methyl sites for hydroxylation is 1. The lowest BCUT2D eigenvalue weighted by Crippen LogP contribution is -2.29. The summed E-state index contributed by atoms with van der Waals surface area (Å²) in [5.41, 5.74) is 3.98. The summed E-state index contributed by atoms with van der Waals surface area (Å²) in [6, 6.07) is 16.3. The highest BCUT2D eigenvalue weighted by Crippen LogP contribution is 2.39. The smallest absolute Gasteiger partial charge is 0.339 e. The Labute approximate surface area is 193 Å². The number of pyridine rings is 1. The molecule has 1 aromatic heterocycles. The molecule has 0 bridgehead atoms. The molecule has 0 unspecified atom stereocenters. The molecule has 6 nitrogen and oxygen atoms in total. The van der Waals surface area contributed by atoms with Crippen molar-refractivity contribution in [3.05, 3.63) is 70.9 Å². The maximum Gasteiger partial charge on any atom is 0.339 e. The van der Waals surface area contributed by atoms with E-state index in [9.17, 15) is 14.9 Å². The fourth-order valence-corrected chi connectivity index (χ4v) is 4.44. The zero-order valence-corrected chi connectivity index (χ0v) is 19.1. The second kappa shape index (κ2) is 9.03. The number of hydrogen-bond acceptors (Lipinski definition) is 5. The monoisotopic (exact) mass is 441 g/mol. The Morgan fingerprint density at radius 1 is 1.15 bits per heavy atom. The number of carbonyl (C=O) groups excluding carboxylic acids is 2. The number of ether oxygens (including phenoxy) is 1. The van der Waals surface area contributed by atoms with E-state index in [-0.39, 0.29) is 5.41 Å². The number of nitrogens with one attached hydrogen (secondary N) is 1. The van der Waals surface area contributed by atoms with Crippen LogP contribution in [-0.2, 0) is 22.4 Å². The maximum absolute atomic E-state index is 13.3. The lowest BCUT2D eigenvalue weighted by Gasteiger charge is -2.35. The van der Waals surface area contributed by atoms with Crippen molar-refractivity contribution >= 4 is 28.5 Å². The van der Waals surface area contributed by atoms with Crippen molar-refractivity contribution in [3.63, 3.8) is 0 Å². The van der Waals surface area contributed by atoms with Gasteiger partial charge in [0.05, 0.1) is 22.3 Å². The van der Waals surface area contributed by atoms with Crippen LogP contribution >= 0.6 is 0 Å². The van der Waals surface area contributed by atoms with Crippen LogP contribution in [-0.4, -0.2) is 23.5 Å². The summed E-state index contributed by atoms with van der Waals surface area (Å²) in [5, 5.41) is 12.6. The van der Waals surface area contributed by atoms with E-state index in [1.54, 1.807) is 24.3 Å². The van der Waals surface area contributed by atoms with Crippen LogP contribution in [0.1, 0.15) is 54.4 Å². The third-order valence-electron chi connectivity index (χ3n) is 6.34. The zero-order chi connectivity index (χ0) is 23.6. The number of benzene rings is 2. The predicted octanol–water partition coefficient (Wildman–Crippen LogP) is 5.05. The lowest BCUT2D eigenvalue weighted by molar-refractivity contribution is -0.119. The Hall–Kier alpha value is -3.72. The molecule has 33 heavy (non-hydrogen) atoms. The molecule has 4 rings (SSSR count). The third kappa shape index (κ3) is 4.73. The van der Waals surface area contributed by atoms with Gasteiger partial charge in [0.1, 0.15) is 6.07 Å². The summed E-state index contributed by atoms with van der Waals surface area (Å²) in [5.74, 6) is -0.598. The van der Waals surface area contributed by atoms with Crippen LogP contribution in [0.5, 0.6) is 0 Å². The van der Waals surface area contributed by atoms with Gasteiger partial charge in [-0.15, -0.1) is 0 Å².